The predicted octanol–water partition coefficient (Wildman–Crippen LogP) is 2.63. The Balaban J connectivity index is 1.71. The summed E-state index contributed by atoms with van der Waals surface area (Å²) < 4.78 is 0. The van der Waals surface area contributed by atoms with Crippen molar-refractivity contribution in [2.45, 2.75) is 6.54 Å². The molecule has 0 fully saturated rings. The van der Waals surface area contributed by atoms with Crippen LogP contribution in [0, 0.1) is 0 Å². The number of rotatable bonds is 4. The fourth-order valence-electron chi connectivity index (χ4n) is 2.33. The van der Waals surface area contributed by atoms with Gasteiger partial charge in [0.25, 0.3) is 5.91 Å². The summed E-state index contributed by atoms with van der Waals surface area (Å²) in [4.78, 5) is 22.8. The summed E-state index contributed by atoms with van der Waals surface area (Å²) in [5.41, 5.74) is 4.32. The number of carbonyl (C=O) groups is 1. The Labute approximate surface area is 135 Å². The highest BCUT2D eigenvalue weighted by atomic mass is 16.1. The number of carbonyl (C=O) groups excluding carboxylic acids is 1. The number of aromatic nitrogens is 2. The molecule has 1 amide bonds. The van der Waals surface area contributed by atoms with Gasteiger partial charge < -0.3 is 10.2 Å². The quantitative estimate of drug-likeness (QED) is 0.805. The lowest BCUT2D eigenvalue weighted by Gasteiger charge is -2.13. The van der Waals surface area contributed by atoms with E-state index >= 15 is 0 Å². The van der Waals surface area contributed by atoms with E-state index in [2.05, 4.69) is 15.3 Å². The van der Waals surface area contributed by atoms with Crippen molar-refractivity contribution in [3.05, 3.63) is 66.0 Å². The highest BCUT2D eigenvalue weighted by Crippen LogP contribution is 2.14. The molecular formula is C18H18N4O. The lowest BCUT2D eigenvalue weighted by atomic mass is 10.1. The first-order chi connectivity index (χ1) is 11.1. The lowest BCUT2D eigenvalue weighted by Crippen LogP contribution is -2.23. The third-order valence-electron chi connectivity index (χ3n) is 3.61. The fraction of sp³-hybridized carbons (Fsp3) is 0.167. The summed E-state index contributed by atoms with van der Waals surface area (Å²) in [6, 6.07) is 13.4. The molecule has 0 spiro atoms. The van der Waals surface area contributed by atoms with Crippen LogP contribution in [0.4, 0.5) is 5.69 Å². The molecule has 0 aliphatic carbocycles. The van der Waals surface area contributed by atoms with Crippen molar-refractivity contribution in [1.82, 2.24) is 15.3 Å². The van der Waals surface area contributed by atoms with Crippen LogP contribution in [-0.2, 0) is 6.54 Å². The number of nitrogens with one attached hydrogen (secondary N) is 1. The van der Waals surface area contributed by atoms with Crippen LogP contribution < -0.4 is 10.2 Å². The Bertz CT molecular complexity index is 845. The summed E-state index contributed by atoms with van der Waals surface area (Å²) in [7, 11) is 3.90. The number of hydrogen-bond donors (Lipinski definition) is 1. The third kappa shape index (κ3) is 3.45. The van der Waals surface area contributed by atoms with Crippen molar-refractivity contribution in [2.24, 2.45) is 0 Å². The number of benzene rings is 2. The molecule has 0 aliphatic heterocycles. The highest BCUT2D eigenvalue weighted by Gasteiger charge is 2.07. The van der Waals surface area contributed by atoms with Crippen LogP contribution in [-0.4, -0.2) is 30.0 Å². The molecule has 3 aromatic rings. The second kappa shape index (κ2) is 6.44. The van der Waals surface area contributed by atoms with Gasteiger partial charge in [0.1, 0.15) is 0 Å². The first-order valence-electron chi connectivity index (χ1n) is 7.39. The Hall–Kier alpha value is -2.95. The van der Waals surface area contributed by atoms with Gasteiger partial charge in [-0.15, -0.1) is 0 Å². The Kier molecular flexibility index (Phi) is 4.19. The van der Waals surface area contributed by atoms with E-state index in [-0.39, 0.29) is 5.91 Å². The van der Waals surface area contributed by atoms with Crippen molar-refractivity contribution >= 4 is 22.6 Å². The first kappa shape index (κ1) is 15.0. The number of amides is 1. The van der Waals surface area contributed by atoms with Gasteiger partial charge >= 0.3 is 0 Å². The van der Waals surface area contributed by atoms with Crippen LogP contribution >= 0.6 is 0 Å². The number of fused-ring (bicyclic) bond motifs is 1. The van der Waals surface area contributed by atoms with Crippen LogP contribution in [0.5, 0.6) is 0 Å². The Morgan fingerprint density at radius 1 is 1.04 bits per heavy atom. The van der Waals surface area contributed by atoms with Crippen molar-refractivity contribution in [1.29, 1.82) is 0 Å². The van der Waals surface area contributed by atoms with E-state index in [1.807, 2.05) is 61.5 Å². The lowest BCUT2D eigenvalue weighted by molar-refractivity contribution is 0.0951. The second-order valence-electron chi connectivity index (χ2n) is 5.51. The van der Waals surface area contributed by atoms with E-state index in [0.29, 0.717) is 12.1 Å². The van der Waals surface area contributed by atoms with Crippen molar-refractivity contribution in [2.75, 3.05) is 19.0 Å². The minimum Gasteiger partial charge on any atom is -0.378 e. The smallest absolute Gasteiger partial charge is 0.251 e. The Morgan fingerprint density at radius 2 is 1.83 bits per heavy atom. The van der Waals surface area contributed by atoms with Gasteiger partial charge in [-0.25, -0.2) is 0 Å². The summed E-state index contributed by atoms with van der Waals surface area (Å²) in [5, 5.41) is 2.94. The maximum Gasteiger partial charge on any atom is 0.251 e. The topological polar surface area (TPSA) is 58.1 Å². The molecule has 0 saturated heterocycles. The summed E-state index contributed by atoms with van der Waals surface area (Å²) in [5.74, 6) is -0.0899. The zero-order chi connectivity index (χ0) is 16.2. The summed E-state index contributed by atoms with van der Waals surface area (Å²) in [6.45, 7) is 0.456. The van der Waals surface area contributed by atoms with Crippen LogP contribution in [0.25, 0.3) is 11.0 Å². The largest absolute Gasteiger partial charge is 0.378 e. The molecule has 2 aromatic carbocycles. The molecule has 1 N–H and O–H groups in total. The van der Waals surface area contributed by atoms with E-state index < -0.39 is 0 Å². The molecule has 0 bridgehead atoms. The molecule has 116 valence electrons. The molecule has 0 aliphatic rings. The van der Waals surface area contributed by atoms with E-state index in [1.165, 1.54) is 0 Å². The fourth-order valence-corrected chi connectivity index (χ4v) is 2.33. The standard InChI is InChI=1S/C18H18N4O/c1-22(2)15-5-3-4-14(11-15)18(23)21-12-13-6-7-16-17(10-13)20-9-8-19-16/h3-11H,12H2,1-2H3,(H,21,23). The van der Waals surface area contributed by atoms with Crippen molar-refractivity contribution < 1.29 is 4.79 Å². The number of hydrogen-bond acceptors (Lipinski definition) is 4. The van der Waals surface area contributed by atoms with Crippen molar-refractivity contribution in [3.63, 3.8) is 0 Å². The molecule has 5 nitrogen and oxygen atoms in total. The average Bonchev–Trinajstić information content (AvgIpc) is 2.59. The van der Waals surface area contributed by atoms with Gasteiger partial charge in [0, 0.05) is 44.3 Å². The zero-order valence-electron chi connectivity index (χ0n) is 13.2. The molecule has 23 heavy (non-hydrogen) atoms. The van der Waals surface area contributed by atoms with Crippen LogP contribution in [0.3, 0.4) is 0 Å². The molecule has 3 rings (SSSR count). The van der Waals surface area contributed by atoms with E-state index in [1.54, 1.807) is 12.4 Å². The summed E-state index contributed by atoms with van der Waals surface area (Å²) in [6.07, 6.45) is 3.33. The normalized spacial score (nSPS) is 10.5. The van der Waals surface area contributed by atoms with E-state index in [0.717, 1.165) is 22.3 Å². The maximum atomic E-state index is 12.3. The highest BCUT2D eigenvalue weighted by molar-refractivity contribution is 5.95. The van der Waals surface area contributed by atoms with Crippen LogP contribution in [0.2, 0.25) is 0 Å². The predicted molar refractivity (Wildman–Crippen MR) is 91.5 cm³/mol. The average molecular weight is 306 g/mol. The monoisotopic (exact) mass is 306 g/mol. The van der Waals surface area contributed by atoms with Crippen LogP contribution in [0.1, 0.15) is 15.9 Å². The molecule has 0 atom stereocenters. The number of anilines is 1. The molecular weight excluding hydrogens is 288 g/mol. The third-order valence-corrected chi connectivity index (χ3v) is 3.61. The molecule has 1 heterocycles. The SMILES string of the molecule is CN(C)c1cccc(C(=O)NCc2ccc3nccnc3c2)c1. The van der Waals surface area contributed by atoms with Gasteiger partial charge in [0.2, 0.25) is 0 Å². The van der Waals surface area contributed by atoms with Gasteiger partial charge in [-0.2, -0.15) is 0 Å². The van der Waals surface area contributed by atoms with E-state index in [4.69, 9.17) is 0 Å². The van der Waals surface area contributed by atoms with Gasteiger partial charge in [0.05, 0.1) is 11.0 Å². The molecule has 0 radical (unpaired) electrons. The van der Waals surface area contributed by atoms with Gasteiger partial charge in [-0.1, -0.05) is 12.1 Å². The minimum absolute atomic E-state index is 0.0899. The van der Waals surface area contributed by atoms with Gasteiger partial charge in [-0.3, -0.25) is 14.8 Å². The molecule has 1 aromatic heterocycles. The number of nitrogens with zero attached hydrogens (tertiary/aromatic N) is 3. The maximum absolute atomic E-state index is 12.3. The molecule has 0 unspecified atom stereocenters. The van der Waals surface area contributed by atoms with Gasteiger partial charge in [-0.05, 0) is 35.9 Å². The van der Waals surface area contributed by atoms with E-state index in [9.17, 15) is 4.79 Å². The molecule has 5 heteroatoms. The van der Waals surface area contributed by atoms with Crippen LogP contribution in [0.15, 0.2) is 54.9 Å². The first-order valence-corrected chi connectivity index (χ1v) is 7.39. The summed E-state index contributed by atoms with van der Waals surface area (Å²) >= 11 is 0. The minimum atomic E-state index is -0.0899. The molecule has 0 saturated carbocycles. The Morgan fingerprint density at radius 3 is 2.61 bits per heavy atom. The van der Waals surface area contributed by atoms with Crippen molar-refractivity contribution in [3.8, 4) is 0 Å². The zero-order valence-corrected chi connectivity index (χ0v) is 13.2. The van der Waals surface area contributed by atoms with Gasteiger partial charge in [0.15, 0.2) is 0 Å². The second-order valence-corrected chi connectivity index (χ2v) is 5.51.